The van der Waals surface area contributed by atoms with Crippen molar-refractivity contribution in [3.05, 3.63) is 28.5 Å². The van der Waals surface area contributed by atoms with Crippen LogP contribution >= 0.6 is 0 Å². The molecule has 182 valence electrons. The number of rotatable bonds is 4. The molecule has 0 bridgehead atoms. The van der Waals surface area contributed by atoms with Crippen LogP contribution in [-0.4, -0.2) is 89.6 Å². The van der Waals surface area contributed by atoms with Crippen LogP contribution in [0.2, 0.25) is 0 Å². The maximum Gasteiger partial charge on any atom is 0.490 e. The van der Waals surface area contributed by atoms with E-state index in [1.165, 1.54) is 4.90 Å². The number of piperazine rings is 1. The number of imidazole rings is 1. The number of carboxylic acid groups (broad SMARTS) is 1. The number of amides is 1. The first-order chi connectivity index (χ1) is 16.0. The lowest BCUT2D eigenvalue weighted by molar-refractivity contribution is -0.192. The van der Waals surface area contributed by atoms with Crippen molar-refractivity contribution in [3.63, 3.8) is 0 Å². The number of carbonyl (C=O) groups is 2. The first-order valence-electron chi connectivity index (χ1n) is 10.0. The zero-order valence-corrected chi connectivity index (χ0v) is 18.5. The van der Waals surface area contributed by atoms with Crippen LogP contribution in [0.3, 0.4) is 0 Å². The van der Waals surface area contributed by atoms with Crippen molar-refractivity contribution < 1.29 is 27.9 Å². The van der Waals surface area contributed by atoms with Gasteiger partial charge in [0, 0.05) is 33.2 Å². The Labute approximate surface area is 194 Å². The van der Waals surface area contributed by atoms with Crippen LogP contribution in [0, 0.1) is 25.0 Å². The minimum atomic E-state index is -5.08. The molecule has 3 N–H and O–H groups in total. The van der Waals surface area contributed by atoms with Crippen molar-refractivity contribution in [2.24, 2.45) is 0 Å². The first-order valence-corrected chi connectivity index (χ1v) is 10.0. The van der Waals surface area contributed by atoms with Crippen LogP contribution in [0.15, 0.2) is 0 Å². The Morgan fingerprint density at radius 3 is 2.29 bits per heavy atom. The summed E-state index contributed by atoms with van der Waals surface area (Å²) in [7, 11) is 1.63. The van der Waals surface area contributed by atoms with Gasteiger partial charge in [0.15, 0.2) is 11.5 Å². The van der Waals surface area contributed by atoms with Crippen LogP contribution in [-0.2, 0) is 11.3 Å². The monoisotopic (exact) mass is 480 g/mol. The number of anilines is 2. The fourth-order valence-corrected chi connectivity index (χ4v) is 3.42. The van der Waals surface area contributed by atoms with E-state index >= 15 is 0 Å². The van der Waals surface area contributed by atoms with Crippen LogP contribution in [0.5, 0.6) is 0 Å². The molecule has 3 heterocycles. The number of likely N-dealkylation sites (N-methyl/N-ethyl adjacent to an activating group) is 1. The smallest absolute Gasteiger partial charge is 0.475 e. The molecule has 11 nitrogen and oxygen atoms in total. The van der Waals surface area contributed by atoms with Crippen molar-refractivity contribution in [1.29, 1.82) is 0 Å². The summed E-state index contributed by atoms with van der Waals surface area (Å²) in [6, 6.07) is 0. The Morgan fingerprint density at radius 2 is 1.82 bits per heavy atom. The third kappa shape index (κ3) is 5.50. The summed E-state index contributed by atoms with van der Waals surface area (Å²) in [5, 5.41) is 13.7. The molecule has 14 heteroatoms. The molecule has 1 fully saturated rings. The molecule has 0 radical (unpaired) electrons. The van der Waals surface area contributed by atoms with Gasteiger partial charge in [-0.1, -0.05) is 5.92 Å². The summed E-state index contributed by atoms with van der Waals surface area (Å²) < 4.78 is 33.6. The SMILES string of the molecule is O=C(O)C(F)(F)F.[C-]#[N+]CC1(C[N+]#[C-])Nc2nc(N3CCNCC3)n(CC#CC)c2C(=O)N1C. The fourth-order valence-electron chi connectivity index (χ4n) is 3.42. The van der Waals surface area contributed by atoms with Gasteiger partial charge in [-0.2, -0.15) is 18.2 Å². The highest BCUT2D eigenvalue weighted by Gasteiger charge is 2.51. The van der Waals surface area contributed by atoms with Gasteiger partial charge in [-0.15, -0.1) is 5.92 Å². The third-order valence-electron chi connectivity index (χ3n) is 5.19. The Morgan fingerprint density at radius 1 is 1.26 bits per heavy atom. The second-order valence-electron chi connectivity index (χ2n) is 7.32. The third-order valence-corrected chi connectivity index (χ3v) is 5.19. The van der Waals surface area contributed by atoms with E-state index in [2.05, 4.69) is 37.1 Å². The van der Waals surface area contributed by atoms with Crippen LogP contribution in [0.4, 0.5) is 24.9 Å². The topological polar surface area (TPSA) is 111 Å². The molecule has 1 saturated heterocycles. The van der Waals surface area contributed by atoms with Gasteiger partial charge in [-0.05, 0) is 6.92 Å². The van der Waals surface area contributed by atoms with E-state index in [0.717, 1.165) is 26.2 Å². The van der Waals surface area contributed by atoms with Gasteiger partial charge in [0.2, 0.25) is 5.95 Å². The number of nitrogens with one attached hydrogen (secondary N) is 2. The zero-order chi connectivity index (χ0) is 25.5. The number of aliphatic carboxylic acids is 1. The van der Waals surface area contributed by atoms with Crippen molar-refractivity contribution in [2.45, 2.75) is 25.3 Å². The highest BCUT2D eigenvalue weighted by atomic mass is 19.4. The summed E-state index contributed by atoms with van der Waals surface area (Å²) in [4.78, 5) is 37.3. The second kappa shape index (κ2) is 10.8. The Kier molecular flexibility index (Phi) is 8.33. The van der Waals surface area contributed by atoms with Crippen LogP contribution < -0.4 is 15.5 Å². The standard InChI is InChI=1S/C18H22N8O.C2HF3O2/c1-5-6-9-26-14-15(22-17(26)25-10-7-21-8-11-25)23-18(12-19-2,13-20-3)24(4)16(14)27;3-2(4,5)1(6)7/h21,23H,7-13H2,1,4H3;(H,6,7). The number of fused-ring (bicyclic) bond motifs is 1. The molecule has 0 atom stereocenters. The fraction of sp³-hybridized carbons (Fsp3) is 0.550. The lowest BCUT2D eigenvalue weighted by atomic mass is 10.1. The summed E-state index contributed by atoms with van der Waals surface area (Å²) >= 11 is 0. The van der Waals surface area contributed by atoms with Gasteiger partial charge in [0.05, 0.1) is 6.54 Å². The first kappa shape index (κ1) is 26.3. The molecule has 0 spiro atoms. The van der Waals surface area contributed by atoms with Crippen LogP contribution in [0.1, 0.15) is 17.4 Å². The molecular formula is C20H23F3N8O3. The predicted molar refractivity (Wildman–Crippen MR) is 116 cm³/mol. The molecule has 1 amide bonds. The minimum Gasteiger partial charge on any atom is -0.475 e. The lowest BCUT2D eigenvalue weighted by Gasteiger charge is -2.38. The zero-order valence-electron chi connectivity index (χ0n) is 18.5. The summed E-state index contributed by atoms with van der Waals surface area (Å²) in [6.07, 6.45) is -5.08. The van der Waals surface area contributed by atoms with E-state index in [1.54, 1.807) is 14.0 Å². The van der Waals surface area contributed by atoms with Crippen molar-refractivity contribution in [1.82, 2.24) is 19.8 Å². The molecular weight excluding hydrogens is 457 g/mol. The van der Waals surface area contributed by atoms with E-state index in [0.29, 0.717) is 24.0 Å². The molecule has 1 aromatic heterocycles. The molecule has 2 aliphatic heterocycles. The Bertz CT molecular complexity index is 1050. The van der Waals surface area contributed by atoms with Gasteiger partial charge >= 0.3 is 12.1 Å². The highest BCUT2D eigenvalue weighted by molar-refractivity contribution is 6.00. The maximum atomic E-state index is 13.2. The average molecular weight is 480 g/mol. The number of aromatic nitrogens is 2. The van der Waals surface area contributed by atoms with E-state index in [9.17, 15) is 18.0 Å². The van der Waals surface area contributed by atoms with Gasteiger partial charge in [-0.3, -0.25) is 9.36 Å². The summed E-state index contributed by atoms with van der Waals surface area (Å²) in [5.41, 5.74) is -0.636. The molecule has 0 saturated carbocycles. The molecule has 0 aliphatic carbocycles. The van der Waals surface area contributed by atoms with E-state index < -0.39 is 17.8 Å². The molecule has 0 aromatic carbocycles. The molecule has 3 rings (SSSR count). The molecule has 0 unspecified atom stereocenters. The van der Waals surface area contributed by atoms with E-state index in [1.807, 2.05) is 4.57 Å². The second-order valence-corrected chi connectivity index (χ2v) is 7.32. The molecule has 2 aliphatic rings. The van der Waals surface area contributed by atoms with Crippen molar-refractivity contribution in [2.75, 3.05) is 56.5 Å². The van der Waals surface area contributed by atoms with Crippen molar-refractivity contribution in [3.8, 4) is 11.8 Å². The van der Waals surface area contributed by atoms with Gasteiger partial charge in [0.1, 0.15) is 0 Å². The number of hydrogen-bond acceptors (Lipinski definition) is 6. The lowest BCUT2D eigenvalue weighted by Crippen LogP contribution is -2.62. The number of alkyl halides is 3. The quantitative estimate of drug-likeness (QED) is 0.435. The number of nitrogens with zero attached hydrogens (tertiary/aromatic N) is 6. The number of carboxylic acids is 1. The van der Waals surface area contributed by atoms with E-state index in [-0.39, 0.29) is 19.0 Å². The average Bonchev–Trinajstić information content (AvgIpc) is 3.14. The minimum absolute atomic E-state index is 0.0122. The van der Waals surface area contributed by atoms with Crippen LogP contribution in [0.25, 0.3) is 9.69 Å². The molecule has 34 heavy (non-hydrogen) atoms. The summed E-state index contributed by atoms with van der Waals surface area (Å²) in [6.45, 7) is 19.9. The highest BCUT2D eigenvalue weighted by Crippen LogP contribution is 2.34. The maximum absolute atomic E-state index is 13.2. The largest absolute Gasteiger partial charge is 0.490 e. The molecule has 1 aromatic rings. The normalized spacial score (nSPS) is 16.5. The van der Waals surface area contributed by atoms with Crippen molar-refractivity contribution >= 4 is 23.6 Å². The van der Waals surface area contributed by atoms with Gasteiger partial charge in [-0.25, -0.2) is 17.9 Å². The van der Waals surface area contributed by atoms with Gasteiger partial charge < -0.3 is 35.2 Å². The Balaban J connectivity index is 0.000000509. The summed E-state index contributed by atoms with van der Waals surface area (Å²) in [5.74, 6) is 4.01. The predicted octanol–water partition coefficient (Wildman–Crippen LogP) is 0.982. The number of carbonyl (C=O) groups excluding carboxylic acids is 1. The Hall–Kier alpha value is -3.96. The van der Waals surface area contributed by atoms with Gasteiger partial charge in [0.25, 0.3) is 24.7 Å². The van der Waals surface area contributed by atoms with E-state index in [4.69, 9.17) is 28.0 Å². The number of halogens is 3. The number of hydrogen-bond donors (Lipinski definition) is 3.